The van der Waals surface area contributed by atoms with E-state index in [1.54, 1.807) is 13.3 Å². The Balaban J connectivity index is 0.00000300. The average Bonchev–Trinajstić information content (AvgIpc) is 3.20. The number of nitrogens with one attached hydrogen (secondary N) is 2. The molecule has 29 heavy (non-hydrogen) atoms. The van der Waals surface area contributed by atoms with Gasteiger partial charge in [0.15, 0.2) is 5.96 Å². The molecule has 0 aliphatic heterocycles. The molecule has 0 atom stereocenters. The molecule has 0 fully saturated rings. The lowest BCUT2D eigenvalue weighted by atomic mass is 10.1. The minimum absolute atomic E-state index is 0. The van der Waals surface area contributed by atoms with Crippen LogP contribution < -0.4 is 10.6 Å². The molecule has 6 heteroatoms. The van der Waals surface area contributed by atoms with E-state index in [0.717, 1.165) is 49.6 Å². The quantitative estimate of drug-likeness (QED) is 0.204. The van der Waals surface area contributed by atoms with E-state index in [9.17, 15) is 0 Å². The van der Waals surface area contributed by atoms with Crippen molar-refractivity contribution in [2.75, 3.05) is 20.1 Å². The van der Waals surface area contributed by atoms with Crippen molar-refractivity contribution in [3.8, 4) is 11.5 Å². The molecule has 0 saturated heterocycles. The Kier molecular flexibility index (Phi) is 9.70. The fourth-order valence-corrected chi connectivity index (χ4v) is 2.92. The van der Waals surface area contributed by atoms with Crippen molar-refractivity contribution >= 4 is 29.9 Å². The van der Waals surface area contributed by atoms with Crippen LogP contribution in [0.5, 0.6) is 0 Å². The van der Waals surface area contributed by atoms with Crippen LogP contribution in [0.4, 0.5) is 0 Å². The third-order valence-corrected chi connectivity index (χ3v) is 4.52. The number of nitrogens with zero attached hydrogens (tertiary/aromatic N) is 2. The Morgan fingerprint density at radius 3 is 2.41 bits per heavy atom. The predicted molar refractivity (Wildman–Crippen MR) is 130 cm³/mol. The topological polar surface area (TPSA) is 62.5 Å². The number of halogens is 1. The first-order valence-electron chi connectivity index (χ1n) is 9.74. The molecule has 0 aliphatic rings. The molecular weight excluding hydrogens is 475 g/mol. The van der Waals surface area contributed by atoms with Crippen LogP contribution in [-0.2, 0) is 12.8 Å². The highest BCUT2D eigenvalue weighted by Crippen LogP contribution is 2.19. The van der Waals surface area contributed by atoms with Gasteiger partial charge in [0.05, 0.1) is 5.69 Å². The van der Waals surface area contributed by atoms with Gasteiger partial charge in [0.2, 0.25) is 5.89 Å². The summed E-state index contributed by atoms with van der Waals surface area (Å²) >= 11 is 0. The second-order valence-electron chi connectivity index (χ2n) is 6.77. The van der Waals surface area contributed by atoms with Crippen LogP contribution in [0, 0.1) is 6.92 Å². The largest absolute Gasteiger partial charge is 0.444 e. The van der Waals surface area contributed by atoms with E-state index in [0.29, 0.717) is 5.89 Å². The maximum atomic E-state index is 5.61. The Labute approximate surface area is 190 Å². The van der Waals surface area contributed by atoms with E-state index >= 15 is 0 Å². The van der Waals surface area contributed by atoms with E-state index in [1.807, 2.05) is 18.2 Å². The van der Waals surface area contributed by atoms with Crippen LogP contribution >= 0.6 is 24.0 Å². The summed E-state index contributed by atoms with van der Waals surface area (Å²) < 4.78 is 5.61. The highest BCUT2D eigenvalue weighted by molar-refractivity contribution is 14.0. The molecule has 0 unspecified atom stereocenters. The fourth-order valence-electron chi connectivity index (χ4n) is 2.92. The van der Waals surface area contributed by atoms with Crippen molar-refractivity contribution in [2.45, 2.75) is 26.2 Å². The summed E-state index contributed by atoms with van der Waals surface area (Å²) in [6.45, 7) is 3.70. The third kappa shape index (κ3) is 7.53. The second kappa shape index (κ2) is 12.3. The molecule has 0 bridgehead atoms. The van der Waals surface area contributed by atoms with Gasteiger partial charge in [-0.1, -0.05) is 48.0 Å². The maximum Gasteiger partial charge on any atom is 0.226 e. The number of aliphatic imine (C=N–C) groups is 1. The molecule has 5 nitrogen and oxygen atoms in total. The van der Waals surface area contributed by atoms with Gasteiger partial charge >= 0.3 is 0 Å². The van der Waals surface area contributed by atoms with Gasteiger partial charge in [-0.15, -0.1) is 24.0 Å². The van der Waals surface area contributed by atoms with Crippen LogP contribution in [0.2, 0.25) is 0 Å². The first-order valence-corrected chi connectivity index (χ1v) is 9.74. The first-order chi connectivity index (χ1) is 13.7. The SMILES string of the molecule is CN=C(NCCCc1ccccc1)NCCc1coc(-c2ccc(C)cc2)n1.I. The van der Waals surface area contributed by atoms with Gasteiger partial charge in [0.1, 0.15) is 6.26 Å². The number of rotatable bonds is 8. The molecule has 1 heterocycles. The van der Waals surface area contributed by atoms with Crippen LogP contribution in [-0.4, -0.2) is 31.1 Å². The smallest absolute Gasteiger partial charge is 0.226 e. The summed E-state index contributed by atoms with van der Waals surface area (Å²) in [7, 11) is 1.79. The molecular formula is C23H29IN4O. The zero-order valence-electron chi connectivity index (χ0n) is 17.0. The van der Waals surface area contributed by atoms with Crippen molar-refractivity contribution in [2.24, 2.45) is 4.99 Å². The van der Waals surface area contributed by atoms with Gasteiger partial charge in [-0.2, -0.15) is 0 Å². The Morgan fingerprint density at radius 1 is 0.966 bits per heavy atom. The standard InChI is InChI=1S/C23H28N4O.HI/c1-18-10-12-20(13-11-18)22-27-21(17-28-22)14-16-26-23(24-2)25-15-6-9-19-7-4-3-5-8-19;/h3-5,7-8,10-13,17H,6,9,14-16H2,1-2H3,(H2,24,25,26);1H. The van der Waals surface area contributed by atoms with Crippen LogP contribution in [0.25, 0.3) is 11.5 Å². The fraction of sp³-hybridized carbons (Fsp3) is 0.304. The normalized spacial score (nSPS) is 11.0. The number of aryl methyl sites for hydroxylation is 2. The van der Waals surface area contributed by atoms with Crippen LogP contribution in [0.3, 0.4) is 0 Å². The number of hydrogen-bond donors (Lipinski definition) is 2. The zero-order valence-corrected chi connectivity index (χ0v) is 19.4. The zero-order chi connectivity index (χ0) is 19.6. The van der Waals surface area contributed by atoms with Crippen molar-refractivity contribution in [1.29, 1.82) is 0 Å². The lowest BCUT2D eigenvalue weighted by molar-refractivity contribution is 0.572. The van der Waals surface area contributed by atoms with Gasteiger partial charge < -0.3 is 15.1 Å². The molecule has 154 valence electrons. The molecule has 3 rings (SSSR count). The molecule has 0 aliphatic carbocycles. The Morgan fingerprint density at radius 2 is 1.69 bits per heavy atom. The summed E-state index contributed by atoms with van der Waals surface area (Å²) in [6.07, 6.45) is 4.63. The predicted octanol–water partition coefficient (Wildman–Crippen LogP) is 4.61. The summed E-state index contributed by atoms with van der Waals surface area (Å²) in [5.74, 6) is 1.48. The first kappa shape index (κ1) is 22.9. The lowest BCUT2D eigenvalue weighted by Gasteiger charge is -2.11. The molecule has 2 aromatic carbocycles. The van der Waals surface area contributed by atoms with Crippen LogP contribution in [0.1, 0.15) is 23.2 Å². The lowest BCUT2D eigenvalue weighted by Crippen LogP contribution is -2.38. The Bertz CT molecular complexity index is 875. The summed E-state index contributed by atoms with van der Waals surface area (Å²) in [5.41, 5.74) is 4.52. The second-order valence-corrected chi connectivity index (χ2v) is 6.77. The van der Waals surface area contributed by atoms with Gasteiger partial charge in [-0.05, 0) is 37.5 Å². The van der Waals surface area contributed by atoms with Crippen molar-refractivity contribution in [1.82, 2.24) is 15.6 Å². The highest BCUT2D eigenvalue weighted by atomic mass is 127. The number of benzene rings is 2. The maximum absolute atomic E-state index is 5.61. The minimum Gasteiger partial charge on any atom is -0.444 e. The molecule has 0 amide bonds. The van der Waals surface area contributed by atoms with E-state index in [1.165, 1.54) is 11.1 Å². The van der Waals surface area contributed by atoms with E-state index in [4.69, 9.17) is 4.42 Å². The average molecular weight is 504 g/mol. The van der Waals surface area contributed by atoms with E-state index < -0.39 is 0 Å². The van der Waals surface area contributed by atoms with E-state index in [2.05, 4.69) is 63.9 Å². The summed E-state index contributed by atoms with van der Waals surface area (Å²) in [6, 6.07) is 18.7. The number of hydrogen-bond acceptors (Lipinski definition) is 3. The molecule has 0 saturated carbocycles. The van der Waals surface area contributed by atoms with Gasteiger partial charge in [0.25, 0.3) is 0 Å². The van der Waals surface area contributed by atoms with Crippen molar-refractivity contribution in [3.63, 3.8) is 0 Å². The summed E-state index contributed by atoms with van der Waals surface area (Å²) in [5, 5.41) is 6.69. The van der Waals surface area contributed by atoms with E-state index in [-0.39, 0.29) is 24.0 Å². The number of guanidine groups is 1. The monoisotopic (exact) mass is 504 g/mol. The van der Waals surface area contributed by atoms with Crippen molar-refractivity contribution < 1.29 is 4.42 Å². The highest BCUT2D eigenvalue weighted by Gasteiger charge is 2.07. The third-order valence-electron chi connectivity index (χ3n) is 4.52. The van der Waals surface area contributed by atoms with Gasteiger partial charge in [-0.3, -0.25) is 4.99 Å². The number of oxazole rings is 1. The van der Waals surface area contributed by atoms with Gasteiger partial charge in [0, 0.05) is 32.1 Å². The summed E-state index contributed by atoms with van der Waals surface area (Å²) in [4.78, 5) is 8.85. The number of aromatic nitrogens is 1. The molecule has 1 aromatic heterocycles. The van der Waals surface area contributed by atoms with Crippen LogP contribution in [0.15, 0.2) is 70.3 Å². The van der Waals surface area contributed by atoms with Gasteiger partial charge in [-0.25, -0.2) is 4.98 Å². The molecule has 3 aromatic rings. The molecule has 2 N–H and O–H groups in total. The van der Waals surface area contributed by atoms with Crippen molar-refractivity contribution in [3.05, 3.63) is 77.7 Å². The molecule has 0 radical (unpaired) electrons. The minimum atomic E-state index is 0. The molecule has 0 spiro atoms. The Hall–Kier alpha value is -2.35.